The lowest BCUT2D eigenvalue weighted by Gasteiger charge is -2.26. The van der Waals surface area contributed by atoms with Crippen LogP contribution >= 0.6 is 15.9 Å². The zero-order valence-corrected chi connectivity index (χ0v) is 12.9. The van der Waals surface area contributed by atoms with Crippen LogP contribution in [0.4, 0.5) is 0 Å². The molecule has 0 fully saturated rings. The first-order chi connectivity index (χ1) is 7.30. The molecular formula is C13H26BrNO. The van der Waals surface area contributed by atoms with Gasteiger partial charge in [0.1, 0.15) is 0 Å². The minimum atomic E-state index is 0.104. The number of amides is 1. The zero-order valence-electron chi connectivity index (χ0n) is 11.3. The van der Waals surface area contributed by atoms with E-state index in [0.717, 1.165) is 24.7 Å². The van der Waals surface area contributed by atoms with E-state index in [0.29, 0.717) is 5.92 Å². The summed E-state index contributed by atoms with van der Waals surface area (Å²) in [4.78, 5) is 11.8. The third-order valence-electron chi connectivity index (χ3n) is 3.14. The monoisotopic (exact) mass is 291 g/mol. The van der Waals surface area contributed by atoms with Crippen molar-refractivity contribution in [3.63, 3.8) is 0 Å². The molecule has 0 aliphatic rings. The van der Waals surface area contributed by atoms with Crippen LogP contribution in [0.2, 0.25) is 0 Å². The average molecular weight is 292 g/mol. The second-order valence-electron chi connectivity index (χ2n) is 5.71. The van der Waals surface area contributed by atoms with Gasteiger partial charge in [0.25, 0.3) is 0 Å². The van der Waals surface area contributed by atoms with E-state index in [2.05, 4.69) is 48.9 Å². The van der Waals surface area contributed by atoms with Crippen molar-refractivity contribution in [2.75, 3.05) is 11.9 Å². The fourth-order valence-electron chi connectivity index (χ4n) is 1.42. The lowest BCUT2D eigenvalue weighted by Crippen LogP contribution is -2.38. The van der Waals surface area contributed by atoms with Gasteiger partial charge in [-0.3, -0.25) is 4.79 Å². The highest BCUT2D eigenvalue weighted by molar-refractivity contribution is 9.09. The van der Waals surface area contributed by atoms with Crippen molar-refractivity contribution in [1.29, 1.82) is 0 Å². The predicted molar refractivity (Wildman–Crippen MR) is 73.8 cm³/mol. The number of nitrogens with one attached hydrogen (secondary N) is 1. The van der Waals surface area contributed by atoms with Crippen LogP contribution < -0.4 is 5.32 Å². The maximum atomic E-state index is 11.8. The summed E-state index contributed by atoms with van der Waals surface area (Å²) in [6, 6.07) is 0. The molecular weight excluding hydrogens is 266 g/mol. The van der Waals surface area contributed by atoms with Gasteiger partial charge in [0.15, 0.2) is 0 Å². The molecule has 16 heavy (non-hydrogen) atoms. The van der Waals surface area contributed by atoms with Crippen molar-refractivity contribution < 1.29 is 4.79 Å². The predicted octanol–water partition coefficient (Wildman–Crippen LogP) is 3.60. The Kier molecular flexibility index (Phi) is 7.29. The number of hydrogen-bond donors (Lipinski definition) is 1. The molecule has 0 spiro atoms. The summed E-state index contributed by atoms with van der Waals surface area (Å²) in [5.41, 5.74) is 0.195. The van der Waals surface area contributed by atoms with Crippen LogP contribution in [0.15, 0.2) is 0 Å². The highest BCUT2D eigenvalue weighted by Crippen LogP contribution is 2.22. The number of carbonyl (C=O) groups excluding carboxylic acids is 1. The summed E-state index contributed by atoms with van der Waals surface area (Å²) < 4.78 is 0. The number of alkyl halides is 1. The minimum absolute atomic E-state index is 0.104. The summed E-state index contributed by atoms with van der Waals surface area (Å²) in [5.74, 6) is 0.694. The van der Waals surface area contributed by atoms with Crippen LogP contribution in [0, 0.1) is 17.3 Å². The third kappa shape index (κ3) is 6.51. The SMILES string of the molecule is CC(C)C(C)C(=O)NCC(C)(C)CCCBr. The van der Waals surface area contributed by atoms with Gasteiger partial charge in [-0.05, 0) is 24.2 Å². The Balaban J connectivity index is 3.99. The fraction of sp³-hybridized carbons (Fsp3) is 0.923. The second kappa shape index (κ2) is 7.31. The first kappa shape index (κ1) is 16.0. The molecule has 0 saturated heterocycles. The van der Waals surface area contributed by atoms with Crippen LogP contribution in [-0.4, -0.2) is 17.8 Å². The van der Waals surface area contributed by atoms with Gasteiger partial charge in [0.2, 0.25) is 5.91 Å². The summed E-state index contributed by atoms with van der Waals surface area (Å²) in [6.07, 6.45) is 2.29. The van der Waals surface area contributed by atoms with Gasteiger partial charge in [0, 0.05) is 17.8 Å². The second-order valence-corrected chi connectivity index (χ2v) is 6.50. The van der Waals surface area contributed by atoms with Gasteiger partial charge in [-0.2, -0.15) is 0 Å². The Hall–Kier alpha value is -0.0500. The third-order valence-corrected chi connectivity index (χ3v) is 3.70. The van der Waals surface area contributed by atoms with Gasteiger partial charge in [-0.15, -0.1) is 0 Å². The molecule has 1 N–H and O–H groups in total. The topological polar surface area (TPSA) is 29.1 Å². The van der Waals surface area contributed by atoms with Crippen LogP contribution in [0.5, 0.6) is 0 Å². The molecule has 3 heteroatoms. The van der Waals surface area contributed by atoms with E-state index in [1.54, 1.807) is 0 Å². The average Bonchev–Trinajstić information content (AvgIpc) is 2.22. The molecule has 96 valence electrons. The first-order valence-electron chi connectivity index (χ1n) is 6.14. The Morgan fingerprint density at radius 3 is 2.31 bits per heavy atom. The van der Waals surface area contributed by atoms with Gasteiger partial charge < -0.3 is 5.32 Å². The van der Waals surface area contributed by atoms with Gasteiger partial charge in [0.05, 0.1) is 0 Å². The molecule has 0 aromatic carbocycles. The molecule has 1 unspecified atom stereocenters. The van der Waals surface area contributed by atoms with Gasteiger partial charge in [-0.25, -0.2) is 0 Å². The lowest BCUT2D eigenvalue weighted by atomic mass is 9.87. The van der Waals surface area contributed by atoms with E-state index in [-0.39, 0.29) is 17.2 Å². The molecule has 0 aliphatic carbocycles. The molecule has 0 heterocycles. The molecule has 0 bridgehead atoms. The Bertz CT molecular complexity index is 214. The Labute approximate surface area is 109 Å². The lowest BCUT2D eigenvalue weighted by molar-refractivity contribution is -0.126. The summed E-state index contributed by atoms with van der Waals surface area (Å²) in [7, 11) is 0. The largest absolute Gasteiger partial charge is 0.355 e. The molecule has 2 nitrogen and oxygen atoms in total. The molecule has 1 amide bonds. The van der Waals surface area contributed by atoms with Gasteiger partial charge >= 0.3 is 0 Å². The van der Waals surface area contributed by atoms with Crippen LogP contribution in [0.3, 0.4) is 0 Å². The minimum Gasteiger partial charge on any atom is -0.355 e. The number of halogens is 1. The van der Waals surface area contributed by atoms with Crippen molar-refractivity contribution >= 4 is 21.8 Å². The molecule has 0 radical (unpaired) electrons. The van der Waals surface area contributed by atoms with Crippen LogP contribution in [0.25, 0.3) is 0 Å². The van der Waals surface area contributed by atoms with Crippen molar-refractivity contribution in [2.45, 2.75) is 47.5 Å². The normalized spacial score (nSPS) is 13.9. The Morgan fingerprint density at radius 2 is 1.88 bits per heavy atom. The summed E-state index contributed by atoms with van der Waals surface area (Å²) in [5, 5.41) is 4.09. The van der Waals surface area contributed by atoms with E-state index in [4.69, 9.17) is 0 Å². The van der Waals surface area contributed by atoms with Crippen LogP contribution in [0.1, 0.15) is 47.5 Å². The van der Waals surface area contributed by atoms with Crippen molar-refractivity contribution in [3.05, 3.63) is 0 Å². The van der Waals surface area contributed by atoms with Crippen molar-refractivity contribution in [2.24, 2.45) is 17.3 Å². The number of carbonyl (C=O) groups is 1. The van der Waals surface area contributed by atoms with Crippen molar-refractivity contribution in [3.8, 4) is 0 Å². The molecule has 0 aromatic rings. The first-order valence-corrected chi connectivity index (χ1v) is 7.26. The fourth-order valence-corrected chi connectivity index (χ4v) is 1.70. The molecule has 1 atom stereocenters. The molecule has 0 aliphatic heterocycles. The van der Waals surface area contributed by atoms with E-state index in [1.807, 2.05) is 6.92 Å². The number of rotatable bonds is 7. The highest BCUT2D eigenvalue weighted by atomic mass is 79.9. The van der Waals surface area contributed by atoms with Crippen LogP contribution in [-0.2, 0) is 4.79 Å². The quantitative estimate of drug-likeness (QED) is 0.714. The molecule has 0 aromatic heterocycles. The van der Waals surface area contributed by atoms with E-state index in [1.165, 1.54) is 0 Å². The summed E-state index contributed by atoms with van der Waals surface area (Å²) >= 11 is 3.44. The van der Waals surface area contributed by atoms with Crippen molar-refractivity contribution in [1.82, 2.24) is 5.32 Å². The molecule has 0 saturated carbocycles. The van der Waals surface area contributed by atoms with Gasteiger partial charge in [-0.1, -0.05) is 50.5 Å². The van der Waals surface area contributed by atoms with E-state index < -0.39 is 0 Å². The smallest absolute Gasteiger partial charge is 0.223 e. The highest BCUT2D eigenvalue weighted by Gasteiger charge is 2.21. The standard InChI is InChI=1S/C13H26BrNO/c1-10(2)11(3)12(16)15-9-13(4,5)7-6-8-14/h10-11H,6-9H2,1-5H3,(H,15,16). The zero-order chi connectivity index (χ0) is 12.8. The maximum absolute atomic E-state index is 11.8. The Morgan fingerprint density at radius 1 is 1.31 bits per heavy atom. The van der Waals surface area contributed by atoms with E-state index >= 15 is 0 Å². The van der Waals surface area contributed by atoms with E-state index in [9.17, 15) is 4.79 Å². The number of hydrogen-bond acceptors (Lipinski definition) is 1. The summed E-state index contributed by atoms with van der Waals surface area (Å²) in [6.45, 7) is 11.3. The molecule has 0 rings (SSSR count). The maximum Gasteiger partial charge on any atom is 0.223 e.